The highest BCUT2D eigenvalue weighted by molar-refractivity contribution is 7.99. The first kappa shape index (κ1) is 18.5. The summed E-state index contributed by atoms with van der Waals surface area (Å²) >= 11 is 7.27. The fourth-order valence-electron chi connectivity index (χ4n) is 1.87. The van der Waals surface area contributed by atoms with Crippen LogP contribution in [0.2, 0.25) is 5.02 Å². The fraction of sp³-hybridized carbons (Fsp3) is 0.353. The van der Waals surface area contributed by atoms with E-state index in [0.717, 1.165) is 27.9 Å². The largest absolute Gasteiger partial charge is 0.366 e. The number of hydrogen-bond donors (Lipinski definition) is 2. The van der Waals surface area contributed by atoms with Crippen molar-refractivity contribution in [3.05, 3.63) is 47.2 Å². The topological polar surface area (TPSA) is 66.9 Å². The maximum absolute atomic E-state index is 11.8. The Hall–Kier alpha value is -1.79. The lowest BCUT2D eigenvalue weighted by Crippen LogP contribution is -2.33. The van der Waals surface area contributed by atoms with Gasteiger partial charge in [-0.15, -0.1) is 0 Å². The number of thioether (sulfide) groups is 1. The van der Waals surface area contributed by atoms with E-state index >= 15 is 0 Å². The first-order chi connectivity index (χ1) is 11.6. The molecule has 1 heterocycles. The Kier molecular flexibility index (Phi) is 7.34. The minimum atomic E-state index is 0.0173. The van der Waals surface area contributed by atoms with Crippen LogP contribution in [0.3, 0.4) is 0 Å². The van der Waals surface area contributed by atoms with Crippen molar-refractivity contribution in [2.45, 2.75) is 37.9 Å². The molecule has 24 heavy (non-hydrogen) atoms. The summed E-state index contributed by atoms with van der Waals surface area (Å²) in [7, 11) is 0. The number of nitrogens with one attached hydrogen (secondary N) is 2. The van der Waals surface area contributed by atoms with Gasteiger partial charge in [0.05, 0.1) is 5.75 Å². The molecular formula is C17H21ClN4OS. The molecule has 0 aliphatic heterocycles. The Labute approximate surface area is 151 Å². The number of anilines is 1. The van der Waals surface area contributed by atoms with Crippen molar-refractivity contribution in [2.24, 2.45) is 0 Å². The number of rotatable bonds is 8. The number of carbonyl (C=O) groups excluding carboxylic acids is 1. The van der Waals surface area contributed by atoms with E-state index in [4.69, 9.17) is 11.6 Å². The summed E-state index contributed by atoms with van der Waals surface area (Å²) in [6, 6.07) is 9.68. The second-order valence-corrected chi connectivity index (χ2v) is 6.82. The standard InChI is InChI=1S/C17H21ClN4OS/c1-3-12(2)22-16(23)10-24-17-8-15(20-11-21-17)19-9-13-4-6-14(18)7-5-13/h4-8,11-12H,3,9-10H2,1-2H3,(H,22,23)(H,19,20,21)/t12-/m1/s1. The number of benzene rings is 1. The van der Waals surface area contributed by atoms with Gasteiger partial charge in [0.25, 0.3) is 0 Å². The van der Waals surface area contributed by atoms with Crippen molar-refractivity contribution < 1.29 is 4.79 Å². The molecule has 0 saturated carbocycles. The zero-order valence-corrected chi connectivity index (χ0v) is 15.3. The monoisotopic (exact) mass is 364 g/mol. The molecule has 0 bridgehead atoms. The van der Waals surface area contributed by atoms with Crippen molar-refractivity contribution in [1.29, 1.82) is 0 Å². The number of aromatic nitrogens is 2. The van der Waals surface area contributed by atoms with Crippen molar-refractivity contribution in [3.63, 3.8) is 0 Å². The second kappa shape index (κ2) is 9.49. The van der Waals surface area contributed by atoms with Gasteiger partial charge >= 0.3 is 0 Å². The molecule has 1 aromatic heterocycles. The van der Waals surface area contributed by atoms with Crippen LogP contribution in [0.1, 0.15) is 25.8 Å². The summed E-state index contributed by atoms with van der Waals surface area (Å²) in [5.41, 5.74) is 1.11. The van der Waals surface area contributed by atoms with Crippen LogP contribution in [0.5, 0.6) is 0 Å². The minimum absolute atomic E-state index is 0.0173. The molecule has 0 fully saturated rings. The molecule has 128 valence electrons. The molecule has 5 nitrogen and oxygen atoms in total. The van der Waals surface area contributed by atoms with Crippen LogP contribution in [0.4, 0.5) is 5.82 Å². The molecule has 0 aliphatic rings. The third kappa shape index (κ3) is 6.37. The highest BCUT2D eigenvalue weighted by Gasteiger charge is 2.07. The quantitative estimate of drug-likeness (QED) is 0.551. The molecule has 0 radical (unpaired) electrons. The lowest BCUT2D eigenvalue weighted by molar-refractivity contribution is -0.119. The summed E-state index contributed by atoms with van der Waals surface area (Å²) in [5.74, 6) is 1.09. The zero-order valence-electron chi connectivity index (χ0n) is 13.8. The lowest BCUT2D eigenvalue weighted by Gasteiger charge is -2.11. The number of nitrogens with zero attached hydrogens (tertiary/aromatic N) is 2. The molecule has 0 aliphatic carbocycles. The number of amides is 1. The predicted molar refractivity (Wildman–Crippen MR) is 99.4 cm³/mol. The van der Waals surface area contributed by atoms with Gasteiger partial charge in [0.2, 0.25) is 5.91 Å². The Balaban J connectivity index is 1.84. The van der Waals surface area contributed by atoms with E-state index in [1.54, 1.807) is 0 Å². The molecule has 0 spiro atoms. The van der Waals surface area contributed by atoms with Gasteiger partial charge in [0.1, 0.15) is 17.2 Å². The van der Waals surface area contributed by atoms with Gasteiger partial charge in [0.15, 0.2) is 0 Å². The van der Waals surface area contributed by atoms with Gasteiger partial charge in [-0.2, -0.15) is 0 Å². The molecular weight excluding hydrogens is 344 g/mol. The van der Waals surface area contributed by atoms with Gasteiger partial charge in [-0.1, -0.05) is 42.4 Å². The fourth-order valence-corrected chi connectivity index (χ4v) is 2.67. The summed E-state index contributed by atoms with van der Waals surface area (Å²) in [6.07, 6.45) is 2.42. The number of halogens is 1. The maximum atomic E-state index is 11.8. The minimum Gasteiger partial charge on any atom is -0.366 e. The van der Waals surface area contributed by atoms with E-state index in [1.165, 1.54) is 18.1 Å². The van der Waals surface area contributed by atoms with Crippen molar-refractivity contribution in [1.82, 2.24) is 15.3 Å². The Morgan fingerprint density at radius 1 is 1.29 bits per heavy atom. The third-order valence-electron chi connectivity index (χ3n) is 3.40. The molecule has 2 N–H and O–H groups in total. The normalized spacial score (nSPS) is 11.8. The SMILES string of the molecule is CC[C@@H](C)NC(=O)CSc1cc(NCc2ccc(Cl)cc2)ncn1. The Morgan fingerprint density at radius 2 is 2.04 bits per heavy atom. The van der Waals surface area contributed by atoms with E-state index in [2.05, 4.69) is 20.6 Å². The molecule has 1 aromatic carbocycles. The molecule has 2 rings (SSSR count). The highest BCUT2D eigenvalue weighted by atomic mass is 35.5. The van der Waals surface area contributed by atoms with Crippen LogP contribution in [0, 0.1) is 0 Å². The lowest BCUT2D eigenvalue weighted by atomic mass is 10.2. The molecule has 1 amide bonds. The summed E-state index contributed by atoms with van der Waals surface area (Å²) in [5, 5.41) is 7.66. The van der Waals surface area contributed by atoms with Crippen molar-refractivity contribution in [2.75, 3.05) is 11.1 Å². The van der Waals surface area contributed by atoms with E-state index in [1.807, 2.05) is 44.2 Å². The van der Waals surface area contributed by atoms with Crippen LogP contribution in [0.15, 0.2) is 41.7 Å². The zero-order chi connectivity index (χ0) is 17.4. The Morgan fingerprint density at radius 3 is 2.75 bits per heavy atom. The number of carbonyl (C=O) groups is 1. The average molecular weight is 365 g/mol. The third-order valence-corrected chi connectivity index (χ3v) is 4.58. The summed E-state index contributed by atoms with van der Waals surface area (Å²) in [4.78, 5) is 20.2. The first-order valence-electron chi connectivity index (χ1n) is 7.79. The molecule has 0 unspecified atom stereocenters. The number of hydrogen-bond acceptors (Lipinski definition) is 5. The second-order valence-electron chi connectivity index (χ2n) is 5.39. The van der Waals surface area contributed by atoms with E-state index < -0.39 is 0 Å². The smallest absolute Gasteiger partial charge is 0.230 e. The average Bonchev–Trinajstić information content (AvgIpc) is 2.60. The van der Waals surface area contributed by atoms with Gasteiger partial charge < -0.3 is 10.6 Å². The van der Waals surface area contributed by atoms with Gasteiger partial charge in [-0.05, 0) is 31.0 Å². The summed E-state index contributed by atoms with van der Waals surface area (Å²) < 4.78 is 0. The molecule has 2 aromatic rings. The van der Waals surface area contributed by atoms with Crippen LogP contribution >= 0.6 is 23.4 Å². The molecule has 0 saturated heterocycles. The van der Waals surface area contributed by atoms with Crippen LogP contribution in [-0.2, 0) is 11.3 Å². The first-order valence-corrected chi connectivity index (χ1v) is 9.15. The molecule has 7 heteroatoms. The van der Waals surface area contributed by atoms with E-state index in [9.17, 15) is 4.79 Å². The van der Waals surface area contributed by atoms with Crippen LogP contribution in [0.25, 0.3) is 0 Å². The van der Waals surface area contributed by atoms with Crippen LogP contribution in [-0.4, -0.2) is 27.7 Å². The Bertz CT molecular complexity index is 666. The van der Waals surface area contributed by atoms with Crippen molar-refractivity contribution in [3.8, 4) is 0 Å². The van der Waals surface area contributed by atoms with E-state index in [-0.39, 0.29) is 11.9 Å². The van der Waals surface area contributed by atoms with Gasteiger partial charge in [-0.3, -0.25) is 4.79 Å². The van der Waals surface area contributed by atoms with E-state index in [0.29, 0.717) is 12.3 Å². The van der Waals surface area contributed by atoms with Crippen molar-refractivity contribution >= 4 is 35.1 Å². The maximum Gasteiger partial charge on any atom is 0.230 e. The van der Waals surface area contributed by atoms with Crippen LogP contribution < -0.4 is 10.6 Å². The van der Waals surface area contributed by atoms with Gasteiger partial charge in [-0.25, -0.2) is 9.97 Å². The predicted octanol–water partition coefficient (Wildman–Crippen LogP) is 3.75. The summed E-state index contributed by atoms with van der Waals surface area (Å²) in [6.45, 7) is 4.68. The molecule has 1 atom stereocenters. The highest BCUT2D eigenvalue weighted by Crippen LogP contribution is 2.18. The van der Waals surface area contributed by atoms with Gasteiger partial charge in [0, 0.05) is 23.7 Å².